The standard InChI is InChI=1S/C8H3ClF3N3/c9-7-13-3-5-4(15-7)1-2-6(14-5)8(10,11)12/h1-3H. The molecule has 0 aromatic carbocycles. The monoisotopic (exact) mass is 233 g/mol. The van der Waals surface area contributed by atoms with Crippen LogP contribution in [0.5, 0.6) is 0 Å². The van der Waals surface area contributed by atoms with Crippen LogP contribution in [0.4, 0.5) is 13.2 Å². The lowest BCUT2D eigenvalue weighted by atomic mass is 10.3. The van der Waals surface area contributed by atoms with Crippen molar-refractivity contribution in [2.45, 2.75) is 6.18 Å². The first kappa shape index (κ1) is 10.1. The number of alkyl halides is 3. The van der Waals surface area contributed by atoms with Crippen molar-refractivity contribution in [2.24, 2.45) is 0 Å². The molecule has 0 unspecified atom stereocenters. The summed E-state index contributed by atoms with van der Waals surface area (Å²) in [5.74, 6) is 0. The average molecular weight is 234 g/mol. The van der Waals surface area contributed by atoms with Gasteiger partial charge in [0, 0.05) is 0 Å². The molecule has 0 spiro atoms. The molecule has 0 atom stereocenters. The molecule has 2 aromatic heterocycles. The molecule has 0 aliphatic rings. The van der Waals surface area contributed by atoms with Crippen molar-refractivity contribution in [1.29, 1.82) is 0 Å². The second kappa shape index (κ2) is 3.30. The SMILES string of the molecule is FC(F)(F)c1ccc2nc(Cl)ncc2n1. The highest BCUT2D eigenvalue weighted by molar-refractivity contribution is 6.28. The number of nitrogens with zero attached hydrogens (tertiary/aromatic N) is 3. The summed E-state index contributed by atoms with van der Waals surface area (Å²) >= 11 is 5.48. The minimum Gasteiger partial charge on any atom is -0.240 e. The summed E-state index contributed by atoms with van der Waals surface area (Å²) in [5, 5.41) is -0.0240. The van der Waals surface area contributed by atoms with E-state index in [0.29, 0.717) is 0 Å². The third kappa shape index (κ3) is 1.99. The molecule has 0 bridgehead atoms. The van der Waals surface area contributed by atoms with Crippen LogP contribution in [0.1, 0.15) is 5.69 Å². The van der Waals surface area contributed by atoms with Gasteiger partial charge in [-0.15, -0.1) is 0 Å². The lowest BCUT2D eigenvalue weighted by Gasteiger charge is -2.05. The van der Waals surface area contributed by atoms with Crippen LogP contribution in [0.2, 0.25) is 5.28 Å². The number of halogens is 4. The molecule has 78 valence electrons. The molecule has 2 heterocycles. The highest BCUT2D eigenvalue weighted by Gasteiger charge is 2.32. The number of hydrogen-bond donors (Lipinski definition) is 0. The van der Waals surface area contributed by atoms with E-state index in [4.69, 9.17) is 11.6 Å². The van der Waals surface area contributed by atoms with E-state index in [0.717, 1.165) is 12.3 Å². The van der Waals surface area contributed by atoms with E-state index in [1.54, 1.807) is 0 Å². The van der Waals surface area contributed by atoms with Gasteiger partial charge in [-0.2, -0.15) is 13.2 Å². The molecule has 0 N–H and O–H groups in total. The summed E-state index contributed by atoms with van der Waals surface area (Å²) in [6, 6.07) is 2.06. The predicted octanol–water partition coefficient (Wildman–Crippen LogP) is 2.70. The number of rotatable bonds is 0. The fourth-order valence-electron chi connectivity index (χ4n) is 1.06. The molecule has 3 nitrogen and oxygen atoms in total. The van der Waals surface area contributed by atoms with E-state index in [1.807, 2.05) is 0 Å². The number of pyridine rings is 1. The Kier molecular flexibility index (Phi) is 2.22. The quantitative estimate of drug-likeness (QED) is 0.657. The third-order valence-electron chi connectivity index (χ3n) is 1.70. The maximum Gasteiger partial charge on any atom is 0.433 e. The van der Waals surface area contributed by atoms with Crippen molar-refractivity contribution >= 4 is 22.6 Å². The topological polar surface area (TPSA) is 38.7 Å². The molecule has 7 heteroatoms. The maximum absolute atomic E-state index is 12.3. The molecule has 15 heavy (non-hydrogen) atoms. The van der Waals surface area contributed by atoms with Crippen LogP contribution in [0.3, 0.4) is 0 Å². The van der Waals surface area contributed by atoms with Crippen molar-refractivity contribution in [3.8, 4) is 0 Å². The van der Waals surface area contributed by atoms with E-state index in [-0.39, 0.29) is 16.3 Å². The number of hydrogen-bond acceptors (Lipinski definition) is 3. The van der Waals surface area contributed by atoms with E-state index in [2.05, 4.69) is 15.0 Å². The normalized spacial score (nSPS) is 12.0. The number of fused-ring (bicyclic) bond motifs is 1. The highest BCUT2D eigenvalue weighted by atomic mass is 35.5. The molecule has 0 saturated heterocycles. The van der Waals surface area contributed by atoms with Crippen LogP contribution in [-0.2, 0) is 6.18 Å². The smallest absolute Gasteiger partial charge is 0.240 e. The van der Waals surface area contributed by atoms with Crippen molar-refractivity contribution < 1.29 is 13.2 Å². The average Bonchev–Trinajstić information content (AvgIpc) is 2.15. The van der Waals surface area contributed by atoms with Crippen LogP contribution in [0.15, 0.2) is 18.3 Å². The fraction of sp³-hybridized carbons (Fsp3) is 0.125. The van der Waals surface area contributed by atoms with Crippen LogP contribution in [-0.4, -0.2) is 15.0 Å². The molecule has 2 aromatic rings. The summed E-state index contributed by atoms with van der Waals surface area (Å²) in [4.78, 5) is 10.7. The Morgan fingerprint density at radius 2 is 1.80 bits per heavy atom. The van der Waals surface area contributed by atoms with Crippen LogP contribution < -0.4 is 0 Å². The number of aromatic nitrogens is 3. The zero-order valence-corrected chi connectivity index (χ0v) is 7.84. The lowest BCUT2D eigenvalue weighted by Crippen LogP contribution is -2.07. The highest BCUT2D eigenvalue weighted by Crippen LogP contribution is 2.28. The van der Waals surface area contributed by atoms with Crippen molar-refractivity contribution in [3.63, 3.8) is 0 Å². The van der Waals surface area contributed by atoms with E-state index >= 15 is 0 Å². The third-order valence-corrected chi connectivity index (χ3v) is 1.88. The lowest BCUT2D eigenvalue weighted by molar-refractivity contribution is -0.140. The minimum atomic E-state index is -4.46. The van der Waals surface area contributed by atoms with Gasteiger partial charge in [0.05, 0.1) is 11.7 Å². The van der Waals surface area contributed by atoms with Gasteiger partial charge < -0.3 is 0 Å². The predicted molar refractivity (Wildman–Crippen MR) is 47.3 cm³/mol. The van der Waals surface area contributed by atoms with Gasteiger partial charge in [-0.3, -0.25) is 0 Å². The van der Waals surface area contributed by atoms with E-state index < -0.39 is 11.9 Å². The van der Waals surface area contributed by atoms with Gasteiger partial charge in [0.25, 0.3) is 0 Å². The first-order chi connectivity index (χ1) is 6.97. The molecule has 0 radical (unpaired) electrons. The maximum atomic E-state index is 12.3. The Morgan fingerprint density at radius 3 is 2.47 bits per heavy atom. The van der Waals surface area contributed by atoms with Crippen molar-refractivity contribution in [3.05, 3.63) is 29.3 Å². The van der Waals surface area contributed by atoms with Crippen LogP contribution in [0.25, 0.3) is 11.0 Å². The van der Waals surface area contributed by atoms with Crippen LogP contribution in [0, 0.1) is 0 Å². The van der Waals surface area contributed by atoms with Crippen LogP contribution >= 0.6 is 11.6 Å². The van der Waals surface area contributed by atoms with Crippen molar-refractivity contribution in [1.82, 2.24) is 15.0 Å². The van der Waals surface area contributed by atoms with Gasteiger partial charge in [0.15, 0.2) is 0 Å². The molecule has 0 saturated carbocycles. The minimum absolute atomic E-state index is 0.0240. The van der Waals surface area contributed by atoms with Gasteiger partial charge >= 0.3 is 6.18 Å². The molecule has 0 aliphatic heterocycles. The Labute approximate surface area is 86.9 Å². The molecular weight excluding hydrogens is 231 g/mol. The van der Waals surface area contributed by atoms with Gasteiger partial charge in [-0.05, 0) is 23.7 Å². The first-order valence-electron chi connectivity index (χ1n) is 3.83. The Balaban J connectivity index is 2.62. The summed E-state index contributed by atoms with van der Waals surface area (Å²) in [5.41, 5.74) is -0.627. The molecule has 2 rings (SSSR count). The fourth-order valence-corrected chi connectivity index (χ4v) is 1.20. The second-order valence-electron chi connectivity index (χ2n) is 2.74. The molecule has 0 amide bonds. The molecule has 0 aliphatic carbocycles. The largest absolute Gasteiger partial charge is 0.433 e. The zero-order valence-electron chi connectivity index (χ0n) is 7.09. The molecule has 0 fully saturated rings. The Morgan fingerprint density at radius 1 is 1.07 bits per heavy atom. The van der Waals surface area contributed by atoms with Gasteiger partial charge in [-0.25, -0.2) is 15.0 Å². The summed E-state index contributed by atoms with van der Waals surface area (Å²) in [6.07, 6.45) is -3.31. The van der Waals surface area contributed by atoms with Gasteiger partial charge in [0.2, 0.25) is 5.28 Å². The second-order valence-corrected chi connectivity index (χ2v) is 3.08. The van der Waals surface area contributed by atoms with E-state index in [9.17, 15) is 13.2 Å². The first-order valence-corrected chi connectivity index (χ1v) is 4.21. The van der Waals surface area contributed by atoms with Gasteiger partial charge in [-0.1, -0.05) is 0 Å². The van der Waals surface area contributed by atoms with Gasteiger partial charge in [0.1, 0.15) is 11.2 Å². The van der Waals surface area contributed by atoms with Crippen molar-refractivity contribution in [2.75, 3.05) is 0 Å². The Hall–Kier alpha value is -1.43. The zero-order chi connectivity index (χ0) is 11.1. The summed E-state index contributed by atoms with van der Waals surface area (Å²) in [6.45, 7) is 0. The summed E-state index contributed by atoms with van der Waals surface area (Å²) < 4.78 is 36.8. The van der Waals surface area contributed by atoms with E-state index in [1.165, 1.54) is 6.07 Å². The molecular formula is C8H3ClF3N3. The summed E-state index contributed by atoms with van der Waals surface area (Å²) in [7, 11) is 0. The Bertz CT molecular complexity index is 512.